The fraction of sp³-hybridized carbons (Fsp3) is 0.0952. The molecule has 0 heterocycles. The van der Waals surface area contributed by atoms with Gasteiger partial charge in [-0.3, -0.25) is 15.0 Å². The van der Waals surface area contributed by atoms with E-state index in [0.29, 0.717) is 16.3 Å². The highest BCUT2D eigenvalue weighted by Gasteiger charge is 2.26. The third-order valence-corrected chi connectivity index (χ3v) is 3.90. The number of aromatic hydroxyl groups is 1. The minimum Gasteiger partial charge on any atom is -0.504 e. The summed E-state index contributed by atoms with van der Waals surface area (Å²) in [6, 6.07) is 15.4. The van der Waals surface area contributed by atoms with E-state index < -0.39 is 17.7 Å². The summed E-state index contributed by atoms with van der Waals surface area (Å²) in [5, 5.41) is 20.2. The molecule has 2 N–H and O–H groups in total. The number of phenolic OH excluding ortho intramolecular Hbond substituents is 1. The van der Waals surface area contributed by atoms with Crippen LogP contribution >= 0.6 is 0 Å². The van der Waals surface area contributed by atoms with E-state index in [-0.39, 0.29) is 22.8 Å². The first-order valence-corrected chi connectivity index (χ1v) is 8.19. The van der Waals surface area contributed by atoms with Crippen molar-refractivity contribution < 1.29 is 24.2 Å². The van der Waals surface area contributed by atoms with Gasteiger partial charge in [0.15, 0.2) is 17.2 Å². The second kappa shape index (κ2) is 7.29. The predicted molar refractivity (Wildman–Crippen MR) is 101 cm³/mol. The van der Waals surface area contributed by atoms with Crippen molar-refractivity contribution >= 4 is 28.4 Å². The quantitative estimate of drug-likeness (QED) is 0.417. The van der Waals surface area contributed by atoms with E-state index in [2.05, 4.69) is 0 Å². The molecule has 0 aliphatic heterocycles. The molecular weight excluding hydrogens is 346 g/mol. The van der Waals surface area contributed by atoms with Crippen molar-refractivity contribution in [3.63, 3.8) is 0 Å². The van der Waals surface area contributed by atoms with E-state index in [1.807, 2.05) is 0 Å². The Labute approximate surface area is 155 Å². The van der Waals surface area contributed by atoms with Crippen LogP contribution in [0, 0.1) is 5.41 Å². The number of hydrogen-bond acceptors (Lipinski definition) is 6. The van der Waals surface area contributed by atoms with Gasteiger partial charge in [-0.1, -0.05) is 54.6 Å². The Hall–Kier alpha value is -3.67. The number of esters is 2. The monoisotopic (exact) mass is 363 g/mol. The lowest BCUT2D eigenvalue weighted by Crippen LogP contribution is -2.12. The Morgan fingerprint density at radius 2 is 1.30 bits per heavy atom. The summed E-state index contributed by atoms with van der Waals surface area (Å²) in [5.74, 6) is -1.69. The first-order chi connectivity index (χ1) is 12.9. The summed E-state index contributed by atoms with van der Waals surface area (Å²) in [6.45, 7) is 2.46. The summed E-state index contributed by atoms with van der Waals surface area (Å²) >= 11 is 0. The Morgan fingerprint density at radius 1 is 0.815 bits per heavy atom. The molecule has 6 nitrogen and oxygen atoms in total. The van der Waals surface area contributed by atoms with Crippen LogP contribution in [0.2, 0.25) is 0 Å². The molecule has 6 heteroatoms. The third kappa shape index (κ3) is 3.50. The number of carbonyl (C=O) groups excluding carboxylic acids is 2. The van der Waals surface area contributed by atoms with Crippen LogP contribution < -0.4 is 9.47 Å². The zero-order valence-electron chi connectivity index (χ0n) is 14.8. The molecule has 3 aromatic carbocycles. The first kappa shape index (κ1) is 18.1. The Bertz CT molecular complexity index is 1060. The van der Waals surface area contributed by atoms with Gasteiger partial charge in [0.05, 0.1) is 11.3 Å². The molecule has 0 saturated carbocycles. The lowest BCUT2D eigenvalue weighted by Gasteiger charge is -2.18. The van der Waals surface area contributed by atoms with Crippen LogP contribution in [0.1, 0.15) is 25.0 Å². The van der Waals surface area contributed by atoms with Crippen molar-refractivity contribution in [1.82, 2.24) is 0 Å². The van der Waals surface area contributed by atoms with Crippen molar-refractivity contribution in [1.29, 1.82) is 5.41 Å². The van der Waals surface area contributed by atoms with E-state index in [1.165, 1.54) is 13.8 Å². The van der Waals surface area contributed by atoms with Gasteiger partial charge >= 0.3 is 11.9 Å². The number of nitrogens with one attached hydrogen (secondary N) is 1. The Balaban J connectivity index is 2.39. The molecule has 0 aliphatic rings. The molecule has 0 saturated heterocycles. The predicted octanol–water partition coefficient (Wildman–Crippen LogP) is 3.81. The summed E-state index contributed by atoms with van der Waals surface area (Å²) in [4.78, 5) is 23.2. The zero-order chi connectivity index (χ0) is 19.6. The van der Waals surface area contributed by atoms with Gasteiger partial charge < -0.3 is 14.6 Å². The number of benzene rings is 3. The van der Waals surface area contributed by atoms with Gasteiger partial charge in [-0.25, -0.2) is 0 Å². The molecule has 0 radical (unpaired) electrons. The highest BCUT2D eigenvalue weighted by Crippen LogP contribution is 2.46. The lowest BCUT2D eigenvalue weighted by atomic mass is 9.95. The third-order valence-electron chi connectivity index (χ3n) is 3.90. The number of phenols is 1. The van der Waals surface area contributed by atoms with E-state index in [4.69, 9.17) is 14.9 Å². The topological polar surface area (TPSA) is 96.7 Å². The van der Waals surface area contributed by atoms with E-state index >= 15 is 0 Å². The number of carbonyl (C=O) groups is 2. The van der Waals surface area contributed by atoms with Crippen LogP contribution in [0.3, 0.4) is 0 Å². The number of fused-ring (bicyclic) bond motifs is 1. The average Bonchev–Trinajstić information content (AvgIpc) is 2.65. The van der Waals surface area contributed by atoms with Crippen LogP contribution in [-0.2, 0) is 9.59 Å². The molecule has 0 fully saturated rings. The minimum atomic E-state index is -0.618. The van der Waals surface area contributed by atoms with Crippen LogP contribution in [0.25, 0.3) is 10.8 Å². The molecular formula is C21H17NO5. The van der Waals surface area contributed by atoms with E-state index in [1.54, 1.807) is 54.6 Å². The highest BCUT2D eigenvalue weighted by atomic mass is 16.5. The fourth-order valence-electron chi connectivity index (χ4n) is 2.84. The molecule has 3 rings (SSSR count). The van der Waals surface area contributed by atoms with Crippen molar-refractivity contribution in [2.45, 2.75) is 13.8 Å². The van der Waals surface area contributed by atoms with Gasteiger partial charge in [0, 0.05) is 30.2 Å². The zero-order valence-corrected chi connectivity index (χ0v) is 14.8. The maximum absolute atomic E-state index is 11.7. The van der Waals surface area contributed by atoms with Crippen LogP contribution in [-0.4, -0.2) is 22.8 Å². The molecule has 0 amide bonds. The van der Waals surface area contributed by atoms with Gasteiger partial charge in [-0.05, 0) is 0 Å². The second-order valence-electron chi connectivity index (χ2n) is 5.86. The molecule has 0 bridgehead atoms. The molecule has 0 aliphatic carbocycles. The van der Waals surface area contributed by atoms with Crippen molar-refractivity contribution in [3.8, 4) is 17.2 Å². The largest absolute Gasteiger partial charge is 0.504 e. The molecule has 0 aromatic heterocycles. The molecule has 136 valence electrons. The lowest BCUT2D eigenvalue weighted by molar-refractivity contribution is -0.133. The number of rotatable bonds is 4. The fourth-order valence-corrected chi connectivity index (χ4v) is 2.84. The van der Waals surface area contributed by atoms with Gasteiger partial charge in [0.1, 0.15) is 0 Å². The molecule has 0 spiro atoms. The van der Waals surface area contributed by atoms with Crippen LogP contribution in [0.5, 0.6) is 17.2 Å². The van der Waals surface area contributed by atoms with Crippen molar-refractivity contribution in [2.75, 3.05) is 0 Å². The van der Waals surface area contributed by atoms with Crippen LogP contribution in [0.4, 0.5) is 0 Å². The van der Waals surface area contributed by atoms with Gasteiger partial charge in [-0.15, -0.1) is 0 Å². The summed E-state index contributed by atoms with van der Waals surface area (Å²) in [6.07, 6.45) is 0. The Morgan fingerprint density at radius 3 is 1.85 bits per heavy atom. The molecule has 0 unspecified atom stereocenters. The highest BCUT2D eigenvalue weighted by molar-refractivity contribution is 6.19. The van der Waals surface area contributed by atoms with E-state index in [0.717, 1.165) is 0 Å². The second-order valence-corrected chi connectivity index (χ2v) is 5.86. The normalized spacial score (nSPS) is 10.4. The summed E-state index contributed by atoms with van der Waals surface area (Å²) in [5.41, 5.74) is 0.417. The number of ether oxygens (including phenoxy) is 2. The SMILES string of the molecule is CC(=O)Oc1c(O)c(C(=N)c2ccccc2)c(OC(C)=O)c2ccccc12. The van der Waals surface area contributed by atoms with Gasteiger partial charge in [0.2, 0.25) is 0 Å². The van der Waals surface area contributed by atoms with Crippen molar-refractivity contribution in [2.24, 2.45) is 0 Å². The number of hydrogen-bond donors (Lipinski definition) is 2. The average molecular weight is 363 g/mol. The van der Waals surface area contributed by atoms with E-state index in [9.17, 15) is 14.7 Å². The molecule has 0 atom stereocenters. The molecule has 3 aromatic rings. The van der Waals surface area contributed by atoms with Crippen molar-refractivity contribution in [3.05, 3.63) is 65.7 Å². The molecule has 27 heavy (non-hydrogen) atoms. The minimum absolute atomic E-state index is 0.0219. The summed E-state index contributed by atoms with van der Waals surface area (Å²) in [7, 11) is 0. The Kier molecular flexibility index (Phi) is 4.90. The van der Waals surface area contributed by atoms with Gasteiger partial charge in [0.25, 0.3) is 0 Å². The van der Waals surface area contributed by atoms with Crippen LogP contribution in [0.15, 0.2) is 54.6 Å². The maximum Gasteiger partial charge on any atom is 0.308 e. The maximum atomic E-state index is 11.7. The van der Waals surface area contributed by atoms with Gasteiger partial charge in [-0.2, -0.15) is 0 Å². The smallest absolute Gasteiger partial charge is 0.308 e. The first-order valence-electron chi connectivity index (χ1n) is 8.19. The standard InChI is InChI=1S/C21H17NO5/c1-12(23)26-20-15-10-6-7-11-16(15)21(27-13(2)24)19(25)17(20)18(22)14-8-4-3-5-9-14/h3-11,22,25H,1-2H3. The summed E-state index contributed by atoms with van der Waals surface area (Å²) < 4.78 is 10.6.